The molecule has 10 heteroatoms. The van der Waals surface area contributed by atoms with Gasteiger partial charge in [0.15, 0.2) is 11.9 Å². The van der Waals surface area contributed by atoms with Gasteiger partial charge in [-0.1, -0.05) is 175 Å². The van der Waals surface area contributed by atoms with E-state index in [1.807, 2.05) is 21.1 Å². The number of hydrogen-bond acceptors (Lipinski definition) is 8. The summed E-state index contributed by atoms with van der Waals surface area (Å²) in [6, 6.07) is 0. The van der Waals surface area contributed by atoms with Crippen molar-refractivity contribution in [1.29, 1.82) is 0 Å². The molecular formula is C42H84NO8P. The number of Topliss-reactive ketones (excluding diaryl/α,β-unsaturated/α-hetero) is 1. The highest BCUT2D eigenvalue weighted by atomic mass is 31.2. The van der Waals surface area contributed by atoms with Crippen LogP contribution in [0.4, 0.5) is 0 Å². The van der Waals surface area contributed by atoms with Crippen molar-refractivity contribution in [2.45, 2.75) is 213 Å². The van der Waals surface area contributed by atoms with E-state index in [4.69, 9.17) is 13.8 Å². The van der Waals surface area contributed by atoms with E-state index in [-0.39, 0.29) is 31.3 Å². The van der Waals surface area contributed by atoms with Crippen molar-refractivity contribution in [2.24, 2.45) is 5.92 Å². The maximum absolute atomic E-state index is 13.8. The second-order valence-corrected chi connectivity index (χ2v) is 17.7. The van der Waals surface area contributed by atoms with E-state index in [9.17, 15) is 24.2 Å². The minimum absolute atomic E-state index is 0.177. The molecule has 0 aliphatic heterocycles. The maximum Gasteiger partial charge on any atom is 0.305 e. The van der Waals surface area contributed by atoms with E-state index >= 15 is 0 Å². The Morgan fingerprint density at radius 3 is 1.40 bits per heavy atom. The van der Waals surface area contributed by atoms with Crippen molar-refractivity contribution in [3.05, 3.63) is 0 Å². The summed E-state index contributed by atoms with van der Waals surface area (Å²) in [5.41, 5.74) is 0. The van der Waals surface area contributed by atoms with Gasteiger partial charge in [-0.3, -0.25) is 14.2 Å². The number of rotatable bonds is 39. The third-order valence-corrected chi connectivity index (χ3v) is 10.8. The molecule has 0 fully saturated rings. The van der Waals surface area contributed by atoms with Crippen molar-refractivity contribution in [1.82, 2.24) is 0 Å². The fourth-order valence-electron chi connectivity index (χ4n) is 6.67. The molecule has 310 valence electrons. The molecule has 0 saturated carbocycles. The fourth-order valence-corrected chi connectivity index (χ4v) is 7.56. The van der Waals surface area contributed by atoms with Crippen LogP contribution in [0.25, 0.3) is 0 Å². The lowest BCUT2D eigenvalue weighted by molar-refractivity contribution is -0.872. The molecule has 0 aliphatic rings. The van der Waals surface area contributed by atoms with Crippen molar-refractivity contribution in [3.8, 4) is 0 Å². The number of ether oxygens (including phenoxy) is 1. The summed E-state index contributed by atoms with van der Waals surface area (Å²) >= 11 is 0. The Morgan fingerprint density at radius 2 is 1.00 bits per heavy atom. The Morgan fingerprint density at radius 1 is 0.615 bits per heavy atom. The molecule has 0 rings (SSSR count). The molecule has 1 N–H and O–H groups in total. The van der Waals surface area contributed by atoms with Crippen LogP contribution in [0.2, 0.25) is 0 Å². The number of ketones is 1. The van der Waals surface area contributed by atoms with Crippen molar-refractivity contribution >= 4 is 19.6 Å². The molecule has 0 saturated heterocycles. The van der Waals surface area contributed by atoms with Crippen LogP contribution in [0, 0.1) is 5.92 Å². The molecule has 0 heterocycles. The van der Waals surface area contributed by atoms with Gasteiger partial charge in [-0.15, -0.1) is 0 Å². The van der Waals surface area contributed by atoms with E-state index in [0.717, 1.165) is 83.5 Å². The lowest BCUT2D eigenvalue weighted by Crippen LogP contribution is -2.47. The molecule has 0 amide bonds. The lowest BCUT2D eigenvalue weighted by Gasteiger charge is -2.34. The van der Waals surface area contributed by atoms with Gasteiger partial charge in [0.1, 0.15) is 19.3 Å². The van der Waals surface area contributed by atoms with Gasteiger partial charge in [0.25, 0.3) is 7.82 Å². The molecule has 0 aromatic rings. The van der Waals surface area contributed by atoms with Crippen LogP contribution in [0.3, 0.4) is 0 Å². The molecule has 2 unspecified atom stereocenters. The number of quaternary nitrogens is 1. The molecule has 0 aromatic carbocycles. The van der Waals surface area contributed by atoms with E-state index in [2.05, 4.69) is 20.8 Å². The number of phosphoric ester groups is 1. The van der Waals surface area contributed by atoms with E-state index in [1.54, 1.807) is 0 Å². The van der Waals surface area contributed by atoms with Crippen LogP contribution in [0.15, 0.2) is 0 Å². The third-order valence-electron chi connectivity index (χ3n) is 9.85. The molecule has 9 nitrogen and oxygen atoms in total. The van der Waals surface area contributed by atoms with Gasteiger partial charge >= 0.3 is 5.97 Å². The summed E-state index contributed by atoms with van der Waals surface area (Å²) in [5.74, 6) is -0.874. The quantitative estimate of drug-likeness (QED) is 0.0284. The maximum atomic E-state index is 13.8. The summed E-state index contributed by atoms with van der Waals surface area (Å²) < 4.78 is 28.9. The number of aliphatic hydroxyl groups excluding tert-OH is 1. The van der Waals surface area contributed by atoms with Gasteiger partial charge < -0.3 is 28.3 Å². The minimum atomic E-state index is -4.94. The number of phosphoric acid groups is 1. The number of likely N-dealkylation sites (N-methyl/N-ethyl adjacent to an activating group) is 1. The van der Waals surface area contributed by atoms with Crippen LogP contribution in [-0.4, -0.2) is 74.5 Å². The Bertz CT molecular complexity index is 882. The average Bonchev–Trinajstić information content (AvgIpc) is 3.09. The van der Waals surface area contributed by atoms with E-state index in [1.165, 1.54) is 89.9 Å². The molecule has 0 aliphatic carbocycles. The predicted molar refractivity (Wildman–Crippen MR) is 213 cm³/mol. The van der Waals surface area contributed by atoms with E-state index in [0.29, 0.717) is 4.48 Å². The summed E-state index contributed by atoms with van der Waals surface area (Å²) in [5, 5.41) is 10.3. The second-order valence-electron chi connectivity index (χ2n) is 16.4. The summed E-state index contributed by atoms with van der Waals surface area (Å²) in [6.07, 6.45) is 28.8. The van der Waals surface area contributed by atoms with Crippen molar-refractivity contribution < 1.29 is 42.4 Å². The summed E-state index contributed by atoms with van der Waals surface area (Å²) in [4.78, 5) is 39.0. The SMILES string of the molecule is CCCCCCCCCCCCCCCCCC(=O)OC[C@@H](O)COP(=O)([O-])OC(C[N+](C)(C)C)C(=O)C(CCCCCCC)CCCCCCC. The average molecular weight is 762 g/mol. The van der Waals surface area contributed by atoms with Gasteiger partial charge in [-0.2, -0.15) is 0 Å². The number of carbonyl (C=O) groups is 2. The number of esters is 1. The van der Waals surface area contributed by atoms with E-state index < -0.39 is 32.6 Å². The smallest absolute Gasteiger partial charge is 0.305 e. The minimum Gasteiger partial charge on any atom is -0.756 e. The predicted octanol–water partition coefficient (Wildman–Crippen LogP) is 10.6. The largest absolute Gasteiger partial charge is 0.756 e. The van der Waals surface area contributed by atoms with Crippen LogP contribution >= 0.6 is 7.82 Å². The highest BCUT2D eigenvalue weighted by Gasteiger charge is 2.34. The zero-order valence-electron chi connectivity index (χ0n) is 34.9. The molecule has 3 atom stereocenters. The first kappa shape index (κ1) is 51.2. The number of carbonyl (C=O) groups excluding carboxylic acids is 2. The third kappa shape index (κ3) is 32.6. The van der Waals surface area contributed by atoms with Gasteiger partial charge in [0, 0.05) is 12.3 Å². The molecule has 0 bridgehead atoms. The number of unbranched alkanes of at least 4 members (excludes halogenated alkanes) is 22. The van der Waals surface area contributed by atoms with Gasteiger partial charge in [0.05, 0.1) is 27.7 Å². The Labute approximate surface area is 320 Å². The van der Waals surface area contributed by atoms with Crippen molar-refractivity contribution in [3.63, 3.8) is 0 Å². The molecule has 0 radical (unpaired) electrons. The highest BCUT2D eigenvalue weighted by molar-refractivity contribution is 7.45. The molecule has 0 aromatic heterocycles. The Kier molecular flexibility index (Phi) is 33.0. The van der Waals surface area contributed by atoms with Crippen LogP contribution in [0.1, 0.15) is 201 Å². The van der Waals surface area contributed by atoms with Gasteiger partial charge in [-0.05, 0) is 19.3 Å². The molecule has 0 spiro atoms. The van der Waals surface area contributed by atoms with Crippen LogP contribution in [-0.2, 0) is 27.9 Å². The normalized spacial score (nSPS) is 14.4. The lowest BCUT2D eigenvalue weighted by atomic mass is 9.88. The zero-order chi connectivity index (χ0) is 38.9. The number of aliphatic hydroxyl groups is 1. The number of hydrogen-bond donors (Lipinski definition) is 1. The Balaban J connectivity index is 4.57. The first-order valence-electron chi connectivity index (χ1n) is 21.7. The highest BCUT2D eigenvalue weighted by Crippen LogP contribution is 2.41. The zero-order valence-corrected chi connectivity index (χ0v) is 35.7. The monoisotopic (exact) mass is 762 g/mol. The fraction of sp³-hybridized carbons (Fsp3) is 0.952. The summed E-state index contributed by atoms with van der Waals surface area (Å²) in [7, 11) is 0.735. The first-order valence-corrected chi connectivity index (χ1v) is 23.1. The Hall–Kier alpha value is -0.830. The molecular weight excluding hydrogens is 677 g/mol. The van der Waals surface area contributed by atoms with Crippen LogP contribution < -0.4 is 4.89 Å². The number of nitrogens with zero attached hydrogens (tertiary/aromatic N) is 1. The van der Waals surface area contributed by atoms with Gasteiger partial charge in [0.2, 0.25) is 0 Å². The van der Waals surface area contributed by atoms with Gasteiger partial charge in [-0.25, -0.2) is 0 Å². The topological polar surface area (TPSA) is 122 Å². The second kappa shape index (κ2) is 33.5. The standard InChI is InChI=1S/C42H84NO8P/c1-7-10-13-16-17-18-19-20-21-22-23-24-25-28-31-34-41(45)49-36-39(44)37-50-52(47,48)51-40(35-43(4,5)6)42(46)38(32-29-26-14-11-8-2)33-30-27-15-12-9-3/h38-40,44H,7-37H2,1-6H3/t39-,40?/m1/s1. The summed E-state index contributed by atoms with van der Waals surface area (Å²) in [6.45, 7) is 5.80. The van der Waals surface area contributed by atoms with Crippen LogP contribution in [0.5, 0.6) is 0 Å². The van der Waals surface area contributed by atoms with Crippen molar-refractivity contribution in [2.75, 3.05) is 40.9 Å². The molecule has 52 heavy (non-hydrogen) atoms. The first-order chi connectivity index (χ1) is 24.8.